The van der Waals surface area contributed by atoms with Crippen LogP contribution in [0.15, 0.2) is 30.5 Å². The summed E-state index contributed by atoms with van der Waals surface area (Å²) >= 11 is 0. The van der Waals surface area contributed by atoms with E-state index in [9.17, 15) is 0 Å². The molecule has 13 heavy (non-hydrogen) atoms. The summed E-state index contributed by atoms with van der Waals surface area (Å²) in [7, 11) is 1.53. The topological polar surface area (TPSA) is 33.0 Å². The number of benzene rings is 1. The maximum absolute atomic E-state index is 8.78. The predicted octanol–water partition coefficient (Wildman–Crippen LogP) is 2.51. The van der Waals surface area contributed by atoms with E-state index in [0.717, 1.165) is 5.56 Å². The van der Waals surface area contributed by atoms with Crippen molar-refractivity contribution in [3.8, 4) is 6.07 Å². The molecule has 0 fully saturated rings. The SMILES string of the molecule is CO/C=C(/C#N)c1ccc(C)cc1. The Hall–Kier alpha value is -1.75. The molecule has 2 heteroatoms. The summed E-state index contributed by atoms with van der Waals surface area (Å²) in [5.74, 6) is 0. The van der Waals surface area contributed by atoms with Crippen molar-refractivity contribution in [3.05, 3.63) is 41.7 Å². The smallest absolute Gasteiger partial charge is 0.103 e. The fourth-order valence-electron chi connectivity index (χ4n) is 1.01. The molecule has 0 saturated heterocycles. The second-order valence-corrected chi connectivity index (χ2v) is 2.75. The van der Waals surface area contributed by atoms with E-state index in [-0.39, 0.29) is 0 Å². The lowest BCUT2D eigenvalue weighted by Gasteiger charge is -1.98. The zero-order valence-corrected chi connectivity index (χ0v) is 7.74. The Morgan fingerprint density at radius 3 is 2.46 bits per heavy atom. The van der Waals surface area contributed by atoms with Gasteiger partial charge in [-0.15, -0.1) is 0 Å². The van der Waals surface area contributed by atoms with Crippen LogP contribution in [0.3, 0.4) is 0 Å². The molecule has 0 aliphatic carbocycles. The number of aryl methyl sites for hydroxylation is 1. The van der Waals surface area contributed by atoms with Crippen molar-refractivity contribution in [1.29, 1.82) is 5.26 Å². The summed E-state index contributed by atoms with van der Waals surface area (Å²) in [6, 6.07) is 9.82. The van der Waals surface area contributed by atoms with Crippen molar-refractivity contribution in [2.45, 2.75) is 6.92 Å². The number of nitrogens with zero attached hydrogens (tertiary/aromatic N) is 1. The molecule has 0 aliphatic heterocycles. The molecule has 2 nitrogen and oxygen atoms in total. The lowest BCUT2D eigenvalue weighted by Crippen LogP contribution is -1.82. The third-order valence-electron chi connectivity index (χ3n) is 1.72. The van der Waals surface area contributed by atoms with Crippen LogP contribution in [-0.2, 0) is 4.74 Å². The van der Waals surface area contributed by atoms with Crippen LogP contribution in [-0.4, -0.2) is 7.11 Å². The quantitative estimate of drug-likeness (QED) is 0.508. The molecule has 1 rings (SSSR count). The molecule has 0 saturated carbocycles. The van der Waals surface area contributed by atoms with E-state index in [1.54, 1.807) is 0 Å². The van der Waals surface area contributed by atoms with Crippen LogP contribution in [0.4, 0.5) is 0 Å². The van der Waals surface area contributed by atoms with Gasteiger partial charge in [-0.05, 0) is 12.5 Å². The van der Waals surface area contributed by atoms with Crippen molar-refractivity contribution in [3.63, 3.8) is 0 Å². The summed E-state index contributed by atoms with van der Waals surface area (Å²) < 4.78 is 4.79. The molecule has 0 radical (unpaired) electrons. The first-order chi connectivity index (χ1) is 6.27. The van der Waals surface area contributed by atoms with Gasteiger partial charge in [0.2, 0.25) is 0 Å². The molecular weight excluding hydrogens is 162 g/mol. The highest BCUT2D eigenvalue weighted by Gasteiger charge is 1.98. The number of hydrogen-bond acceptors (Lipinski definition) is 2. The minimum atomic E-state index is 0.544. The van der Waals surface area contributed by atoms with Gasteiger partial charge < -0.3 is 4.74 Å². The molecule has 0 atom stereocenters. The first-order valence-electron chi connectivity index (χ1n) is 3.98. The molecule has 1 aromatic rings. The van der Waals surface area contributed by atoms with E-state index in [0.29, 0.717) is 5.57 Å². The van der Waals surface area contributed by atoms with E-state index in [2.05, 4.69) is 6.07 Å². The van der Waals surface area contributed by atoms with Crippen LogP contribution in [0.5, 0.6) is 0 Å². The minimum absolute atomic E-state index is 0.544. The molecule has 0 aliphatic rings. The van der Waals surface area contributed by atoms with Gasteiger partial charge in [0.1, 0.15) is 12.3 Å². The molecule has 0 unspecified atom stereocenters. The van der Waals surface area contributed by atoms with Crippen LogP contribution in [0, 0.1) is 18.3 Å². The Morgan fingerprint density at radius 1 is 1.38 bits per heavy atom. The largest absolute Gasteiger partial charge is 0.503 e. The van der Waals surface area contributed by atoms with Gasteiger partial charge in [0.05, 0.1) is 12.7 Å². The lowest BCUT2D eigenvalue weighted by atomic mass is 10.1. The Bertz CT molecular complexity index is 343. The zero-order chi connectivity index (χ0) is 9.68. The van der Waals surface area contributed by atoms with Gasteiger partial charge in [0.15, 0.2) is 0 Å². The average molecular weight is 173 g/mol. The Morgan fingerprint density at radius 2 is 2.00 bits per heavy atom. The van der Waals surface area contributed by atoms with E-state index < -0.39 is 0 Å². The maximum Gasteiger partial charge on any atom is 0.103 e. The number of rotatable bonds is 2. The fourth-order valence-corrected chi connectivity index (χ4v) is 1.01. The van der Waals surface area contributed by atoms with Crippen LogP contribution in [0.25, 0.3) is 5.57 Å². The van der Waals surface area contributed by atoms with E-state index in [4.69, 9.17) is 10.00 Å². The first kappa shape index (κ1) is 9.34. The molecule has 0 N–H and O–H groups in total. The minimum Gasteiger partial charge on any atom is -0.503 e. The first-order valence-corrected chi connectivity index (χ1v) is 3.98. The summed E-state index contributed by atoms with van der Waals surface area (Å²) in [5, 5.41) is 8.78. The number of nitriles is 1. The highest BCUT2D eigenvalue weighted by atomic mass is 16.5. The molecule has 1 aromatic carbocycles. The maximum atomic E-state index is 8.78. The Labute approximate surface area is 78.1 Å². The Kier molecular flexibility index (Phi) is 3.10. The highest BCUT2D eigenvalue weighted by molar-refractivity contribution is 5.75. The second-order valence-electron chi connectivity index (χ2n) is 2.75. The molecule has 66 valence electrons. The molecule has 0 bridgehead atoms. The molecular formula is C11H11NO. The van der Waals surface area contributed by atoms with Gasteiger partial charge in [-0.2, -0.15) is 5.26 Å². The number of methoxy groups -OCH3 is 1. The normalized spacial score (nSPS) is 10.7. The molecule has 0 heterocycles. The summed E-state index contributed by atoms with van der Waals surface area (Å²) in [6.45, 7) is 2.01. The van der Waals surface area contributed by atoms with Gasteiger partial charge in [-0.1, -0.05) is 29.8 Å². The van der Waals surface area contributed by atoms with Crippen LogP contribution >= 0.6 is 0 Å². The van der Waals surface area contributed by atoms with Crippen molar-refractivity contribution in [2.24, 2.45) is 0 Å². The fraction of sp³-hybridized carbons (Fsp3) is 0.182. The number of ether oxygens (including phenoxy) is 1. The molecule has 0 amide bonds. The van der Waals surface area contributed by atoms with Gasteiger partial charge in [-0.3, -0.25) is 0 Å². The van der Waals surface area contributed by atoms with Crippen molar-refractivity contribution >= 4 is 5.57 Å². The summed E-state index contributed by atoms with van der Waals surface area (Å²) in [6.07, 6.45) is 1.45. The zero-order valence-electron chi connectivity index (χ0n) is 7.74. The monoisotopic (exact) mass is 173 g/mol. The number of hydrogen-bond donors (Lipinski definition) is 0. The summed E-state index contributed by atoms with van der Waals surface area (Å²) in [4.78, 5) is 0. The van der Waals surface area contributed by atoms with Crippen molar-refractivity contribution in [1.82, 2.24) is 0 Å². The van der Waals surface area contributed by atoms with Crippen LogP contribution in [0.1, 0.15) is 11.1 Å². The van der Waals surface area contributed by atoms with Gasteiger partial charge in [0, 0.05) is 0 Å². The highest BCUT2D eigenvalue weighted by Crippen LogP contribution is 2.13. The third kappa shape index (κ3) is 2.34. The number of allylic oxidation sites excluding steroid dienone is 1. The van der Waals surface area contributed by atoms with Crippen molar-refractivity contribution < 1.29 is 4.74 Å². The summed E-state index contributed by atoms with van der Waals surface area (Å²) in [5.41, 5.74) is 2.61. The van der Waals surface area contributed by atoms with Crippen LogP contribution < -0.4 is 0 Å². The van der Waals surface area contributed by atoms with Crippen molar-refractivity contribution in [2.75, 3.05) is 7.11 Å². The Balaban J connectivity index is 3.01. The van der Waals surface area contributed by atoms with E-state index in [1.165, 1.54) is 18.9 Å². The van der Waals surface area contributed by atoms with Gasteiger partial charge in [0.25, 0.3) is 0 Å². The van der Waals surface area contributed by atoms with E-state index >= 15 is 0 Å². The van der Waals surface area contributed by atoms with Crippen LogP contribution in [0.2, 0.25) is 0 Å². The standard InChI is InChI=1S/C11H11NO/c1-9-3-5-10(6-4-9)11(7-12)8-13-2/h3-6,8H,1-2H3/b11-8-. The second kappa shape index (κ2) is 4.32. The predicted molar refractivity (Wildman–Crippen MR) is 51.8 cm³/mol. The lowest BCUT2D eigenvalue weighted by molar-refractivity contribution is 0.340. The average Bonchev–Trinajstić information content (AvgIpc) is 2.16. The van der Waals surface area contributed by atoms with Gasteiger partial charge >= 0.3 is 0 Å². The molecule has 0 aromatic heterocycles. The van der Waals surface area contributed by atoms with E-state index in [1.807, 2.05) is 31.2 Å². The van der Waals surface area contributed by atoms with Gasteiger partial charge in [-0.25, -0.2) is 0 Å². The third-order valence-corrected chi connectivity index (χ3v) is 1.72. The molecule has 0 spiro atoms.